The van der Waals surface area contributed by atoms with Crippen molar-refractivity contribution in [2.75, 3.05) is 18.5 Å². The fraction of sp³-hybridized carbons (Fsp3) is 0.259. The second-order valence-electron chi connectivity index (χ2n) is 8.74. The monoisotopic (exact) mass is 520 g/mol. The van der Waals surface area contributed by atoms with E-state index in [0.717, 1.165) is 5.56 Å². The molecule has 1 fully saturated rings. The standard InChI is InChI=1S/C27H25ClN4O5/c28-21-3-1-18(2-4-21)17-32-26(34)20(15-24(33)19-9-12-35-13-10-19)16-29-27(32)30-22-5-7-23(8-6-22)37-25-11-14-36-31-25/h1-8,11,14,16,19H,9-10,12-13,15,17H2,(H,29,30). The van der Waals surface area contributed by atoms with E-state index in [9.17, 15) is 9.59 Å². The van der Waals surface area contributed by atoms with Gasteiger partial charge in [0.2, 0.25) is 5.95 Å². The third kappa shape index (κ3) is 6.25. The molecule has 0 aliphatic carbocycles. The Balaban J connectivity index is 1.40. The van der Waals surface area contributed by atoms with Gasteiger partial charge in [0.1, 0.15) is 17.8 Å². The van der Waals surface area contributed by atoms with Crippen LogP contribution in [0.3, 0.4) is 0 Å². The van der Waals surface area contributed by atoms with Crippen molar-refractivity contribution in [2.45, 2.75) is 25.8 Å². The second-order valence-corrected chi connectivity index (χ2v) is 9.18. The first kappa shape index (κ1) is 24.7. The molecule has 0 unspecified atom stereocenters. The molecule has 4 aromatic rings. The second kappa shape index (κ2) is 11.4. The third-order valence-corrected chi connectivity index (χ3v) is 6.41. The van der Waals surface area contributed by atoms with Gasteiger partial charge in [0, 0.05) is 54.1 Å². The number of carbonyl (C=O) groups is 1. The zero-order valence-corrected chi connectivity index (χ0v) is 20.7. The Hall–Kier alpha value is -3.95. The molecule has 0 saturated carbocycles. The first-order chi connectivity index (χ1) is 18.0. The van der Waals surface area contributed by atoms with Crippen LogP contribution in [0, 0.1) is 5.92 Å². The van der Waals surface area contributed by atoms with E-state index in [1.165, 1.54) is 17.0 Å². The van der Waals surface area contributed by atoms with Crippen LogP contribution in [0.15, 0.2) is 76.4 Å². The van der Waals surface area contributed by atoms with Crippen LogP contribution in [0.4, 0.5) is 11.6 Å². The molecule has 3 heterocycles. The number of aromatic nitrogens is 3. The summed E-state index contributed by atoms with van der Waals surface area (Å²) < 4.78 is 17.3. The fourth-order valence-corrected chi connectivity index (χ4v) is 4.26. The highest BCUT2D eigenvalue weighted by atomic mass is 35.5. The maximum atomic E-state index is 13.5. The SMILES string of the molecule is O=C(Cc1cnc(Nc2ccc(Oc3ccon3)cc2)n(Cc2ccc(Cl)cc2)c1=O)C1CCOCC1. The number of ether oxygens (including phenoxy) is 2. The Labute approximate surface area is 218 Å². The first-order valence-corrected chi connectivity index (χ1v) is 12.3. The van der Waals surface area contributed by atoms with Gasteiger partial charge >= 0.3 is 0 Å². The van der Waals surface area contributed by atoms with Gasteiger partial charge in [-0.2, -0.15) is 0 Å². The molecule has 10 heteroatoms. The van der Waals surface area contributed by atoms with Crippen LogP contribution in [0.1, 0.15) is 24.0 Å². The Bertz CT molecular complexity index is 1400. The van der Waals surface area contributed by atoms with Crippen molar-refractivity contribution in [2.24, 2.45) is 5.92 Å². The molecule has 1 aliphatic heterocycles. The molecule has 1 saturated heterocycles. The van der Waals surface area contributed by atoms with Crippen LogP contribution in [0.25, 0.3) is 0 Å². The van der Waals surface area contributed by atoms with E-state index in [0.29, 0.717) is 59.9 Å². The summed E-state index contributed by atoms with van der Waals surface area (Å²) in [5.74, 6) is 1.24. The van der Waals surface area contributed by atoms with Crippen molar-refractivity contribution in [1.82, 2.24) is 14.7 Å². The average molecular weight is 521 g/mol. The Morgan fingerprint density at radius 1 is 1.08 bits per heavy atom. The molecule has 190 valence electrons. The number of rotatable bonds is 9. The van der Waals surface area contributed by atoms with Crippen molar-refractivity contribution in [1.29, 1.82) is 0 Å². The average Bonchev–Trinajstić information content (AvgIpc) is 3.43. The Kier molecular flexibility index (Phi) is 7.62. The smallest absolute Gasteiger partial charge is 0.259 e. The maximum absolute atomic E-state index is 13.5. The van der Waals surface area contributed by atoms with Gasteiger partial charge in [0.25, 0.3) is 11.4 Å². The van der Waals surface area contributed by atoms with Crippen LogP contribution in [-0.4, -0.2) is 33.7 Å². The number of hydrogen-bond acceptors (Lipinski definition) is 8. The van der Waals surface area contributed by atoms with Crippen LogP contribution >= 0.6 is 11.6 Å². The first-order valence-electron chi connectivity index (χ1n) is 11.9. The number of ketones is 1. The summed E-state index contributed by atoms with van der Waals surface area (Å²) in [4.78, 5) is 30.9. The molecule has 0 atom stereocenters. The largest absolute Gasteiger partial charge is 0.436 e. The number of hydrogen-bond donors (Lipinski definition) is 1. The zero-order chi connectivity index (χ0) is 25.6. The lowest BCUT2D eigenvalue weighted by Crippen LogP contribution is -2.31. The lowest BCUT2D eigenvalue weighted by molar-refractivity contribution is -0.125. The molecule has 2 aromatic carbocycles. The van der Waals surface area contributed by atoms with E-state index in [-0.39, 0.29) is 30.2 Å². The highest BCUT2D eigenvalue weighted by Crippen LogP contribution is 2.24. The van der Waals surface area contributed by atoms with Gasteiger partial charge in [0.05, 0.1) is 6.54 Å². The van der Waals surface area contributed by atoms with Gasteiger partial charge in [-0.1, -0.05) is 23.7 Å². The molecule has 1 aliphatic rings. The summed E-state index contributed by atoms with van der Waals surface area (Å²) in [6.07, 6.45) is 4.33. The van der Waals surface area contributed by atoms with Gasteiger partial charge < -0.3 is 19.3 Å². The summed E-state index contributed by atoms with van der Waals surface area (Å²) in [7, 11) is 0. The highest BCUT2D eigenvalue weighted by Gasteiger charge is 2.23. The number of benzene rings is 2. The summed E-state index contributed by atoms with van der Waals surface area (Å²) in [5, 5.41) is 7.54. The van der Waals surface area contributed by atoms with Gasteiger partial charge in [-0.05, 0) is 60.0 Å². The molecule has 37 heavy (non-hydrogen) atoms. The third-order valence-electron chi connectivity index (χ3n) is 6.16. The predicted molar refractivity (Wildman–Crippen MR) is 138 cm³/mol. The summed E-state index contributed by atoms with van der Waals surface area (Å²) >= 11 is 6.04. The predicted octanol–water partition coefficient (Wildman–Crippen LogP) is 5.01. The maximum Gasteiger partial charge on any atom is 0.259 e. The number of nitrogens with one attached hydrogen (secondary N) is 1. The van der Waals surface area contributed by atoms with E-state index in [4.69, 9.17) is 25.6 Å². The van der Waals surface area contributed by atoms with E-state index < -0.39 is 0 Å². The fourth-order valence-electron chi connectivity index (χ4n) is 4.14. The van der Waals surface area contributed by atoms with Gasteiger partial charge in [-0.15, -0.1) is 0 Å². The summed E-state index contributed by atoms with van der Waals surface area (Å²) in [6, 6.07) is 16.0. The number of carbonyl (C=O) groups excluding carboxylic acids is 1. The lowest BCUT2D eigenvalue weighted by Gasteiger charge is -2.21. The molecule has 0 bridgehead atoms. The van der Waals surface area contributed by atoms with Gasteiger partial charge in [-0.3, -0.25) is 14.2 Å². The zero-order valence-electron chi connectivity index (χ0n) is 19.9. The van der Waals surface area contributed by atoms with E-state index in [2.05, 4.69) is 15.5 Å². The Morgan fingerprint density at radius 3 is 2.54 bits per heavy atom. The van der Waals surface area contributed by atoms with Gasteiger partial charge in [-0.25, -0.2) is 4.98 Å². The van der Waals surface area contributed by atoms with Gasteiger partial charge in [0.15, 0.2) is 0 Å². The molecule has 1 N–H and O–H groups in total. The molecule has 9 nitrogen and oxygen atoms in total. The van der Waals surface area contributed by atoms with Crippen molar-refractivity contribution >= 4 is 29.0 Å². The Morgan fingerprint density at radius 2 is 1.84 bits per heavy atom. The minimum atomic E-state index is -0.265. The molecule has 0 spiro atoms. The van der Waals surface area contributed by atoms with E-state index >= 15 is 0 Å². The molecule has 5 rings (SSSR count). The van der Waals surface area contributed by atoms with Crippen molar-refractivity contribution in [3.63, 3.8) is 0 Å². The molecule has 0 radical (unpaired) electrons. The minimum absolute atomic E-state index is 0.0450. The minimum Gasteiger partial charge on any atom is -0.436 e. The van der Waals surface area contributed by atoms with Crippen LogP contribution < -0.4 is 15.6 Å². The van der Waals surface area contributed by atoms with E-state index in [1.807, 2.05) is 12.1 Å². The number of nitrogens with zero attached hydrogens (tertiary/aromatic N) is 3. The van der Waals surface area contributed by atoms with Crippen molar-refractivity contribution in [3.05, 3.63) is 93.6 Å². The highest BCUT2D eigenvalue weighted by molar-refractivity contribution is 6.30. The van der Waals surface area contributed by atoms with Crippen molar-refractivity contribution < 1.29 is 18.8 Å². The number of halogens is 1. The van der Waals surface area contributed by atoms with Crippen molar-refractivity contribution in [3.8, 4) is 11.6 Å². The molecule has 2 aromatic heterocycles. The summed E-state index contributed by atoms with van der Waals surface area (Å²) in [5.41, 5.74) is 1.68. The van der Waals surface area contributed by atoms with Crippen LogP contribution in [0.2, 0.25) is 5.02 Å². The number of Topliss-reactive ketones (excluding diaryl/α,β-unsaturated/α-hetero) is 1. The quantitative estimate of drug-likeness (QED) is 0.328. The molecule has 0 amide bonds. The number of anilines is 2. The van der Waals surface area contributed by atoms with E-state index in [1.54, 1.807) is 42.5 Å². The normalized spacial score (nSPS) is 13.9. The molecular formula is C27H25ClN4O5. The van der Waals surface area contributed by atoms with Crippen LogP contribution in [-0.2, 0) is 22.5 Å². The molecular weight excluding hydrogens is 496 g/mol. The lowest BCUT2D eigenvalue weighted by atomic mass is 9.92. The topological polar surface area (TPSA) is 108 Å². The summed E-state index contributed by atoms with van der Waals surface area (Å²) in [6.45, 7) is 1.40. The van der Waals surface area contributed by atoms with Crippen LogP contribution in [0.5, 0.6) is 11.6 Å².